The summed E-state index contributed by atoms with van der Waals surface area (Å²) >= 11 is 0. The summed E-state index contributed by atoms with van der Waals surface area (Å²) < 4.78 is 0. The minimum Gasteiger partial charge on any atom is -0.478 e. The van der Waals surface area contributed by atoms with Gasteiger partial charge in [-0.2, -0.15) is 4.80 Å². The molecule has 0 amide bonds. The molecule has 0 spiro atoms. The topological polar surface area (TPSA) is 97.0 Å². The molecule has 2 heterocycles. The van der Waals surface area contributed by atoms with Gasteiger partial charge in [0.25, 0.3) is 0 Å². The Hall–Kier alpha value is -4.07. The Balaban J connectivity index is 1.51. The van der Waals surface area contributed by atoms with E-state index in [1.807, 2.05) is 49.5 Å². The van der Waals surface area contributed by atoms with E-state index in [4.69, 9.17) is 0 Å². The van der Waals surface area contributed by atoms with Crippen LogP contribution in [0.4, 0.5) is 5.82 Å². The molecular formula is C22H20N6O2. The highest BCUT2D eigenvalue weighted by molar-refractivity contribution is 5.89. The maximum absolute atomic E-state index is 11.4. The summed E-state index contributed by atoms with van der Waals surface area (Å²) in [7, 11) is 1.99. The molecule has 2 aromatic heterocycles. The van der Waals surface area contributed by atoms with Crippen molar-refractivity contribution in [3.05, 3.63) is 89.6 Å². The lowest BCUT2D eigenvalue weighted by Gasteiger charge is -2.18. The summed E-state index contributed by atoms with van der Waals surface area (Å²) in [6, 6.07) is 20.6. The number of benzene rings is 2. The van der Waals surface area contributed by atoms with Crippen LogP contribution in [-0.4, -0.2) is 43.3 Å². The van der Waals surface area contributed by atoms with Crippen molar-refractivity contribution < 1.29 is 9.90 Å². The Morgan fingerprint density at radius 3 is 2.70 bits per heavy atom. The zero-order valence-electron chi connectivity index (χ0n) is 16.4. The van der Waals surface area contributed by atoms with Gasteiger partial charge >= 0.3 is 5.97 Å². The number of aromatic carboxylic acids is 1. The molecular weight excluding hydrogens is 380 g/mol. The SMILES string of the molecule is CN(Cc1cccc(-c2nnn(Cc3ccccc3C(=O)O)n2)c1)c1ccccn1. The number of tetrazole rings is 1. The normalized spacial score (nSPS) is 10.7. The van der Waals surface area contributed by atoms with Gasteiger partial charge in [-0.1, -0.05) is 42.5 Å². The minimum absolute atomic E-state index is 0.232. The first kappa shape index (κ1) is 19.3. The van der Waals surface area contributed by atoms with E-state index in [1.165, 1.54) is 4.80 Å². The lowest BCUT2D eigenvalue weighted by molar-refractivity contribution is 0.0695. The van der Waals surface area contributed by atoms with Gasteiger partial charge in [-0.05, 0) is 40.6 Å². The predicted octanol–water partition coefficient (Wildman–Crippen LogP) is 3.12. The molecule has 0 unspecified atom stereocenters. The molecule has 4 aromatic rings. The van der Waals surface area contributed by atoms with Crippen LogP contribution in [0.25, 0.3) is 11.4 Å². The average molecular weight is 400 g/mol. The van der Waals surface area contributed by atoms with Gasteiger partial charge in [0.15, 0.2) is 0 Å². The Labute approximate surface area is 173 Å². The van der Waals surface area contributed by atoms with E-state index in [9.17, 15) is 9.90 Å². The van der Waals surface area contributed by atoms with Crippen molar-refractivity contribution in [2.24, 2.45) is 0 Å². The van der Waals surface area contributed by atoms with Crippen molar-refractivity contribution in [3.63, 3.8) is 0 Å². The molecule has 0 aliphatic heterocycles. The zero-order chi connectivity index (χ0) is 20.9. The van der Waals surface area contributed by atoms with E-state index in [2.05, 4.69) is 25.3 Å². The van der Waals surface area contributed by atoms with Crippen molar-refractivity contribution >= 4 is 11.8 Å². The van der Waals surface area contributed by atoms with E-state index in [1.54, 1.807) is 30.5 Å². The molecule has 0 saturated heterocycles. The van der Waals surface area contributed by atoms with E-state index in [-0.39, 0.29) is 12.1 Å². The van der Waals surface area contributed by atoms with Crippen LogP contribution < -0.4 is 4.90 Å². The molecule has 1 N–H and O–H groups in total. The summed E-state index contributed by atoms with van der Waals surface area (Å²) in [6.07, 6.45) is 1.77. The average Bonchev–Trinajstić information content (AvgIpc) is 3.23. The van der Waals surface area contributed by atoms with Crippen molar-refractivity contribution in [1.29, 1.82) is 0 Å². The second-order valence-electron chi connectivity index (χ2n) is 6.85. The first-order valence-corrected chi connectivity index (χ1v) is 9.40. The van der Waals surface area contributed by atoms with Gasteiger partial charge < -0.3 is 10.0 Å². The number of rotatable bonds is 7. The fourth-order valence-corrected chi connectivity index (χ4v) is 3.19. The predicted molar refractivity (Wildman–Crippen MR) is 112 cm³/mol. The summed E-state index contributed by atoms with van der Waals surface area (Å²) in [5, 5.41) is 22.0. The Morgan fingerprint density at radius 2 is 1.90 bits per heavy atom. The highest BCUT2D eigenvalue weighted by atomic mass is 16.4. The van der Waals surface area contributed by atoms with Gasteiger partial charge in [0, 0.05) is 25.4 Å². The van der Waals surface area contributed by atoms with Crippen molar-refractivity contribution in [2.75, 3.05) is 11.9 Å². The number of hydrogen-bond donors (Lipinski definition) is 1. The quantitative estimate of drug-likeness (QED) is 0.509. The van der Waals surface area contributed by atoms with E-state index < -0.39 is 5.97 Å². The van der Waals surface area contributed by atoms with Crippen LogP contribution in [0.3, 0.4) is 0 Å². The van der Waals surface area contributed by atoms with Crippen LogP contribution in [0.15, 0.2) is 72.9 Å². The molecule has 0 aliphatic carbocycles. The molecule has 2 aromatic carbocycles. The molecule has 0 saturated carbocycles. The monoisotopic (exact) mass is 400 g/mol. The standard InChI is InChI=1S/C22H20N6O2/c1-27(20-11-4-5-12-23-20)14-16-7-6-9-17(13-16)21-24-26-28(25-21)15-18-8-2-3-10-19(18)22(29)30/h2-13H,14-15H2,1H3,(H,29,30). The van der Waals surface area contributed by atoms with Crippen LogP contribution in [0.2, 0.25) is 0 Å². The third-order valence-electron chi connectivity index (χ3n) is 4.66. The number of nitrogens with zero attached hydrogens (tertiary/aromatic N) is 6. The second kappa shape index (κ2) is 8.52. The van der Waals surface area contributed by atoms with Crippen LogP contribution in [0, 0.1) is 0 Å². The molecule has 0 fully saturated rings. The third-order valence-corrected chi connectivity index (χ3v) is 4.66. The van der Waals surface area contributed by atoms with Crippen molar-refractivity contribution in [1.82, 2.24) is 25.2 Å². The number of hydrogen-bond acceptors (Lipinski definition) is 6. The smallest absolute Gasteiger partial charge is 0.336 e. The fraction of sp³-hybridized carbons (Fsp3) is 0.136. The van der Waals surface area contributed by atoms with Gasteiger partial charge in [-0.3, -0.25) is 0 Å². The second-order valence-corrected chi connectivity index (χ2v) is 6.85. The molecule has 0 aliphatic rings. The highest BCUT2D eigenvalue weighted by Crippen LogP contribution is 2.19. The van der Waals surface area contributed by atoms with E-state index in [0.29, 0.717) is 17.9 Å². The molecule has 150 valence electrons. The first-order chi connectivity index (χ1) is 14.6. The fourth-order valence-electron chi connectivity index (χ4n) is 3.19. The maximum Gasteiger partial charge on any atom is 0.336 e. The lowest BCUT2D eigenvalue weighted by atomic mass is 10.1. The van der Waals surface area contributed by atoms with Crippen LogP contribution >= 0.6 is 0 Å². The minimum atomic E-state index is -0.976. The van der Waals surface area contributed by atoms with Gasteiger partial charge in [-0.15, -0.1) is 10.2 Å². The summed E-state index contributed by atoms with van der Waals surface area (Å²) in [6.45, 7) is 0.919. The zero-order valence-corrected chi connectivity index (χ0v) is 16.4. The maximum atomic E-state index is 11.4. The molecule has 4 rings (SSSR count). The molecule has 0 atom stereocenters. The summed E-state index contributed by atoms with van der Waals surface area (Å²) in [5.74, 6) is 0.407. The van der Waals surface area contributed by atoms with Gasteiger partial charge in [0.1, 0.15) is 5.82 Å². The van der Waals surface area contributed by atoms with Crippen LogP contribution in [-0.2, 0) is 13.1 Å². The number of carboxylic acid groups (broad SMARTS) is 1. The Bertz CT molecular complexity index is 1160. The van der Waals surface area contributed by atoms with Gasteiger partial charge in [0.05, 0.1) is 12.1 Å². The van der Waals surface area contributed by atoms with Crippen molar-refractivity contribution in [2.45, 2.75) is 13.1 Å². The summed E-state index contributed by atoms with van der Waals surface area (Å²) in [4.78, 5) is 19.2. The molecule has 0 bridgehead atoms. The van der Waals surface area contributed by atoms with E-state index in [0.717, 1.165) is 16.9 Å². The first-order valence-electron chi connectivity index (χ1n) is 9.40. The lowest BCUT2D eigenvalue weighted by Crippen LogP contribution is -2.17. The number of pyridine rings is 1. The van der Waals surface area contributed by atoms with Crippen LogP contribution in [0.5, 0.6) is 0 Å². The Morgan fingerprint density at radius 1 is 1.07 bits per heavy atom. The third kappa shape index (κ3) is 4.33. The molecule has 8 nitrogen and oxygen atoms in total. The molecule has 0 radical (unpaired) electrons. The largest absolute Gasteiger partial charge is 0.478 e. The van der Waals surface area contributed by atoms with Gasteiger partial charge in [-0.25, -0.2) is 9.78 Å². The number of carbonyl (C=O) groups is 1. The Kier molecular flexibility index (Phi) is 5.47. The molecule has 8 heteroatoms. The summed E-state index contributed by atoms with van der Waals surface area (Å²) in [5.41, 5.74) is 2.79. The van der Waals surface area contributed by atoms with Crippen LogP contribution in [0.1, 0.15) is 21.5 Å². The van der Waals surface area contributed by atoms with Gasteiger partial charge in [0.2, 0.25) is 5.82 Å². The number of carboxylic acids is 1. The van der Waals surface area contributed by atoms with E-state index >= 15 is 0 Å². The van der Waals surface area contributed by atoms with Crippen molar-refractivity contribution in [3.8, 4) is 11.4 Å². The highest BCUT2D eigenvalue weighted by Gasteiger charge is 2.12. The number of anilines is 1. The number of aromatic nitrogens is 5. The molecule has 30 heavy (non-hydrogen) atoms.